The van der Waals surface area contributed by atoms with E-state index in [1.165, 1.54) is 5.19 Å². The summed E-state index contributed by atoms with van der Waals surface area (Å²) in [7, 11) is 1.10. The zero-order chi connectivity index (χ0) is 8.10. The van der Waals surface area contributed by atoms with Crippen molar-refractivity contribution >= 4 is 14.2 Å². The van der Waals surface area contributed by atoms with Crippen molar-refractivity contribution in [2.45, 2.75) is 13.0 Å². The van der Waals surface area contributed by atoms with E-state index in [1.807, 2.05) is 6.07 Å². The molecule has 0 bridgehead atoms. The molecular weight excluding hydrogens is 152 g/mol. The van der Waals surface area contributed by atoms with E-state index in [0.717, 1.165) is 6.04 Å². The Bertz CT molecular complexity index is 194. The topological polar surface area (TPSA) is 9.23 Å². The SMILES string of the molecule is CC[Si](OC)c1ccccc1. The molecule has 2 heteroatoms. The number of benzene rings is 1. The van der Waals surface area contributed by atoms with E-state index >= 15 is 0 Å². The molecule has 1 aromatic rings. The zero-order valence-corrected chi connectivity index (χ0v) is 8.00. The van der Waals surface area contributed by atoms with Crippen molar-refractivity contribution in [3.05, 3.63) is 30.3 Å². The molecule has 0 aliphatic heterocycles. The average molecular weight is 165 g/mol. The van der Waals surface area contributed by atoms with Crippen molar-refractivity contribution in [1.82, 2.24) is 0 Å². The van der Waals surface area contributed by atoms with Gasteiger partial charge < -0.3 is 4.43 Å². The first-order chi connectivity index (χ1) is 5.38. The lowest BCUT2D eigenvalue weighted by Crippen LogP contribution is -2.30. The summed E-state index contributed by atoms with van der Waals surface area (Å²) in [6.45, 7) is 2.17. The highest BCUT2D eigenvalue weighted by Crippen LogP contribution is 1.93. The van der Waals surface area contributed by atoms with Crippen LogP contribution in [0.2, 0.25) is 6.04 Å². The second-order valence-corrected chi connectivity index (χ2v) is 4.89. The molecule has 0 heterocycles. The lowest BCUT2D eigenvalue weighted by molar-refractivity contribution is 0.430. The maximum Gasteiger partial charge on any atom is 0.245 e. The molecule has 0 aliphatic carbocycles. The van der Waals surface area contributed by atoms with Crippen molar-refractivity contribution in [2.24, 2.45) is 0 Å². The molecule has 0 N–H and O–H groups in total. The summed E-state index contributed by atoms with van der Waals surface area (Å²) in [5, 5.41) is 1.36. The van der Waals surface area contributed by atoms with E-state index in [1.54, 1.807) is 7.11 Å². The first-order valence-corrected chi connectivity index (χ1v) is 5.45. The molecule has 0 saturated carbocycles. The molecule has 1 nitrogen and oxygen atoms in total. The molecule has 59 valence electrons. The molecule has 0 unspecified atom stereocenters. The van der Waals surface area contributed by atoms with Gasteiger partial charge in [0.1, 0.15) is 0 Å². The molecule has 0 fully saturated rings. The molecule has 0 atom stereocenters. The predicted octanol–water partition coefficient (Wildman–Crippen LogP) is 1.55. The van der Waals surface area contributed by atoms with Gasteiger partial charge in [0.15, 0.2) is 0 Å². The Morgan fingerprint density at radius 1 is 1.27 bits per heavy atom. The Labute approximate surface area is 69.7 Å². The van der Waals surface area contributed by atoms with Crippen LogP contribution in [0.15, 0.2) is 30.3 Å². The summed E-state index contributed by atoms with van der Waals surface area (Å²) in [5.41, 5.74) is 0. The highest BCUT2D eigenvalue weighted by atomic mass is 28.3. The summed E-state index contributed by atoms with van der Waals surface area (Å²) in [4.78, 5) is 0. The van der Waals surface area contributed by atoms with Crippen LogP contribution >= 0.6 is 0 Å². The summed E-state index contributed by atoms with van der Waals surface area (Å²) >= 11 is 0. The molecule has 0 amide bonds. The van der Waals surface area contributed by atoms with Crippen LogP contribution in [-0.4, -0.2) is 16.2 Å². The van der Waals surface area contributed by atoms with E-state index in [9.17, 15) is 0 Å². The van der Waals surface area contributed by atoms with Gasteiger partial charge in [0.25, 0.3) is 0 Å². The Hall–Kier alpha value is -0.603. The first kappa shape index (κ1) is 8.49. The smallest absolute Gasteiger partial charge is 0.245 e. The van der Waals surface area contributed by atoms with Crippen LogP contribution in [0.3, 0.4) is 0 Å². The van der Waals surface area contributed by atoms with Gasteiger partial charge in [0.2, 0.25) is 9.04 Å². The molecule has 0 spiro atoms. The van der Waals surface area contributed by atoms with Crippen LogP contribution in [0.25, 0.3) is 0 Å². The van der Waals surface area contributed by atoms with E-state index < -0.39 is 9.04 Å². The van der Waals surface area contributed by atoms with Gasteiger partial charge in [-0.2, -0.15) is 0 Å². The Morgan fingerprint density at radius 3 is 2.36 bits per heavy atom. The van der Waals surface area contributed by atoms with Gasteiger partial charge in [-0.1, -0.05) is 37.3 Å². The monoisotopic (exact) mass is 165 g/mol. The predicted molar refractivity (Wildman–Crippen MR) is 49.3 cm³/mol. The van der Waals surface area contributed by atoms with E-state index in [-0.39, 0.29) is 0 Å². The van der Waals surface area contributed by atoms with Gasteiger partial charge in [-0.05, 0) is 11.2 Å². The molecule has 11 heavy (non-hydrogen) atoms. The summed E-state index contributed by atoms with van der Waals surface area (Å²) < 4.78 is 5.39. The summed E-state index contributed by atoms with van der Waals surface area (Å²) in [5.74, 6) is 0. The van der Waals surface area contributed by atoms with Crippen LogP contribution in [0.4, 0.5) is 0 Å². The number of rotatable bonds is 3. The van der Waals surface area contributed by atoms with Crippen LogP contribution in [-0.2, 0) is 4.43 Å². The van der Waals surface area contributed by atoms with Gasteiger partial charge in [-0.25, -0.2) is 0 Å². The van der Waals surface area contributed by atoms with Crippen LogP contribution in [0, 0.1) is 0 Å². The standard InChI is InChI=1S/C9H13OSi/c1-3-11(10-2)9-7-5-4-6-8-9/h4-8H,3H2,1-2H3. The third-order valence-electron chi connectivity index (χ3n) is 1.66. The highest BCUT2D eigenvalue weighted by molar-refractivity contribution is 6.67. The minimum Gasteiger partial charge on any atom is -0.415 e. The number of hydrogen-bond donors (Lipinski definition) is 0. The molecule has 0 saturated heterocycles. The Morgan fingerprint density at radius 2 is 1.91 bits per heavy atom. The van der Waals surface area contributed by atoms with Crippen LogP contribution in [0.1, 0.15) is 6.92 Å². The van der Waals surface area contributed by atoms with Crippen LogP contribution < -0.4 is 5.19 Å². The fourth-order valence-electron chi connectivity index (χ4n) is 1.09. The summed E-state index contributed by atoms with van der Waals surface area (Å²) in [6.07, 6.45) is 0. The molecular formula is C9H13OSi. The molecule has 1 rings (SSSR count). The van der Waals surface area contributed by atoms with E-state index in [4.69, 9.17) is 4.43 Å². The lowest BCUT2D eigenvalue weighted by Gasteiger charge is -2.08. The van der Waals surface area contributed by atoms with Gasteiger partial charge in [-0.3, -0.25) is 0 Å². The molecule has 0 aliphatic rings. The number of hydrogen-bond acceptors (Lipinski definition) is 1. The van der Waals surface area contributed by atoms with E-state index in [0.29, 0.717) is 0 Å². The second kappa shape index (κ2) is 4.31. The first-order valence-electron chi connectivity index (χ1n) is 3.83. The quantitative estimate of drug-likeness (QED) is 0.617. The average Bonchev–Trinajstić information content (AvgIpc) is 2.09. The molecule has 1 radical (unpaired) electrons. The zero-order valence-electron chi connectivity index (χ0n) is 7.00. The van der Waals surface area contributed by atoms with Crippen molar-refractivity contribution < 1.29 is 4.43 Å². The normalized spacial score (nSPS) is 10.5. The minimum atomic E-state index is -0.701. The molecule has 0 aromatic heterocycles. The lowest BCUT2D eigenvalue weighted by atomic mass is 10.4. The largest absolute Gasteiger partial charge is 0.415 e. The van der Waals surface area contributed by atoms with Gasteiger partial charge in [0, 0.05) is 7.11 Å². The maximum atomic E-state index is 5.39. The Kier molecular flexibility index (Phi) is 3.33. The van der Waals surface area contributed by atoms with Crippen molar-refractivity contribution in [1.29, 1.82) is 0 Å². The third kappa shape index (κ3) is 2.17. The van der Waals surface area contributed by atoms with Crippen LogP contribution in [0.5, 0.6) is 0 Å². The summed E-state index contributed by atoms with van der Waals surface area (Å²) in [6, 6.07) is 11.6. The molecule has 1 aromatic carbocycles. The fourth-order valence-corrected chi connectivity index (χ4v) is 2.59. The minimum absolute atomic E-state index is 0.701. The third-order valence-corrected chi connectivity index (χ3v) is 3.78. The van der Waals surface area contributed by atoms with Crippen molar-refractivity contribution in [2.75, 3.05) is 7.11 Å². The van der Waals surface area contributed by atoms with Crippen molar-refractivity contribution in [3.8, 4) is 0 Å². The van der Waals surface area contributed by atoms with Crippen molar-refractivity contribution in [3.63, 3.8) is 0 Å². The van der Waals surface area contributed by atoms with E-state index in [2.05, 4.69) is 31.2 Å². The van der Waals surface area contributed by atoms with Gasteiger partial charge in [-0.15, -0.1) is 0 Å². The maximum absolute atomic E-state index is 5.39. The Balaban J connectivity index is 2.74. The highest BCUT2D eigenvalue weighted by Gasteiger charge is 2.09. The second-order valence-electron chi connectivity index (χ2n) is 2.35. The fraction of sp³-hybridized carbons (Fsp3) is 0.333. The van der Waals surface area contributed by atoms with Gasteiger partial charge >= 0.3 is 0 Å². The van der Waals surface area contributed by atoms with Gasteiger partial charge in [0.05, 0.1) is 0 Å².